The lowest BCUT2D eigenvalue weighted by Crippen LogP contribution is -2.05. The highest BCUT2D eigenvalue weighted by molar-refractivity contribution is 6.32. The zero-order chi connectivity index (χ0) is 14.9. The van der Waals surface area contributed by atoms with E-state index in [2.05, 4.69) is 4.98 Å². The van der Waals surface area contributed by atoms with Gasteiger partial charge in [0.05, 0.1) is 17.8 Å². The highest BCUT2D eigenvalue weighted by Gasteiger charge is 2.18. The van der Waals surface area contributed by atoms with E-state index in [0.717, 1.165) is 6.07 Å². The standard InChI is InChI=1S/C13H8ClF2NO3/c1-20-12-7(14)3-2-6(10(12)16)9-5-4-8(15)11(17-9)13(18)19/h2-5H,1H3,(H,18,19). The van der Waals surface area contributed by atoms with E-state index in [4.69, 9.17) is 21.4 Å². The Kier molecular flexibility index (Phi) is 3.85. The van der Waals surface area contributed by atoms with Crippen molar-refractivity contribution in [2.24, 2.45) is 0 Å². The molecule has 0 aliphatic rings. The molecule has 7 heteroatoms. The normalized spacial score (nSPS) is 10.4. The van der Waals surface area contributed by atoms with Gasteiger partial charge in [0.15, 0.2) is 23.1 Å². The molecular formula is C13H8ClF2NO3. The summed E-state index contributed by atoms with van der Waals surface area (Å²) in [5.74, 6) is -3.52. The molecule has 4 nitrogen and oxygen atoms in total. The third-order valence-electron chi connectivity index (χ3n) is 2.58. The van der Waals surface area contributed by atoms with E-state index >= 15 is 0 Å². The van der Waals surface area contributed by atoms with Crippen LogP contribution in [0.15, 0.2) is 24.3 Å². The quantitative estimate of drug-likeness (QED) is 0.944. The van der Waals surface area contributed by atoms with Gasteiger partial charge in [0.1, 0.15) is 0 Å². The van der Waals surface area contributed by atoms with Gasteiger partial charge in [0.25, 0.3) is 0 Å². The molecular weight excluding hydrogens is 292 g/mol. The van der Waals surface area contributed by atoms with E-state index in [-0.39, 0.29) is 22.0 Å². The predicted molar refractivity (Wildman–Crippen MR) is 68.1 cm³/mol. The Morgan fingerprint density at radius 2 is 2.00 bits per heavy atom. The van der Waals surface area contributed by atoms with Gasteiger partial charge >= 0.3 is 5.97 Å². The number of hydrogen-bond donors (Lipinski definition) is 1. The average molecular weight is 300 g/mol. The molecule has 20 heavy (non-hydrogen) atoms. The van der Waals surface area contributed by atoms with Crippen molar-refractivity contribution < 1.29 is 23.4 Å². The predicted octanol–water partition coefficient (Wildman–Crippen LogP) is 3.39. The summed E-state index contributed by atoms with van der Waals surface area (Å²) < 4.78 is 32.2. The van der Waals surface area contributed by atoms with Crippen LogP contribution >= 0.6 is 11.6 Å². The summed E-state index contributed by atoms with van der Waals surface area (Å²) >= 11 is 5.76. The zero-order valence-electron chi connectivity index (χ0n) is 10.2. The third-order valence-corrected chi connectivity index (χ3v) is 2.88. The van der Waals surface area contributed by atoms with Gasteiger partial charge in [-0.25, -0.2) is 18.6 Å². The number of halogens is 3. The lowest BCUT2D eigenvalue weighted by Gasteiger charge is -2.09. The molecule has 1 heterocycles. The van der Waals surface area contributed by atoms with Gasteiger partial charge in [-0.2, -0.15) is 0 Å². The lowest BCUT2D eigenvalue weighted by molar-refractivity contribution is 0.0685. The second-order valence-corrected chi connectivity index (χ2v) is 4.18. The Hall–Kier alpha value is -2.21. The molecule has 2 aromatic rings. The summed E-state index contributed by atoms with van der Waals surface area (Å²) in [5.41, 5.74) is -0.846. The van der Waals surface area contributed by atoms with Crippen LogP contribution in [0.25, 0.3) is 11.3 Å². The van der Waals surface area contributed by atoms with Crippen LogP contribution in [-0.4, -0.2) is 23.2 Å². The molecule has 1 N–H and O–H groups in total. The van der Waals surface area contributed by atoms with Crippen LogP contribution in [0, 0.1) is 11.6 Å². The van der Waals surface area contributed by atoms with Crippen LogP contribution in [-0.2, 0) is 0 Å². The first kappa shape index (κ1) is 14.2. The number of carboxylic acids is 1. The molecule has 104 valence electrons. The summed E-state index contributed by atoms with van der Waals surface area (Å²) in [6.07, 6.45) is 0. The third kappa shape index (κ3) is 2.42. The maximum absolute atomic E-state index is 14.2. The van der Waals surface area contributed by atoms with Crippen LogP contribution in [0.4, 0.5) is 8.78 Å². The summed E-state index contributed by atoms with van der Waals surface area (Å²) in [4.78, 5) is 14.4. The lowest BCUT2D eigenvalue weighted by atomic mass is 10.1. The van der Waals surface area contributed by atoms with E-state index in [0.29, 0.717) is 0 Å². The topological polar surface area (TPSA) is 59.4 Å². The monoisotopic (exact) mass is 299 g/mol. The minimum Gasteiger partial charge on any atom is -0.492 e. The molecule has 0 amide bonds. The molecule has 2 rings (SSSR count). The maximum atomic E-state index is 14.2. The Morgan fingerprint density at radius 1 is 1.30 bits per heavy atom. The van der Waals surface area contributed by atoms with Gasteiger partial charge in [0, 0.05) is 5.56 Å². The molecule has 0 saturated heterocycles. The Morgan fingerprint density at radius 3 is 2.60 bits per heavy atom. The number of carboxylic acid groups (broad SMARTS) is 1. The number of benzene rings is 1. The number of hydrogen-bond acceptors (Lipinski definition) is 3. The molecule has 0 fully saturated rings. The summed E-state index contributed by atoms with van der Waals surface area (Å²) in [5, 5.41) is 8.87. The molecule has 0 unspecified atom stereocenters. The number of carbonyl (C=O) groups is 1. The van der Waals surface area contributed by atoms with Gasteiger partial charge in [-0.1, -0.05) is 11.6 Å². The number of methoxy groups -OCH3 is 1. The minimum absolute atomic E-state index is 0.0312. The summed E-state index contributed by atoms with van der Waals surface area (Å²) in [6.45, 7) is 0. The highest BCUT2D eigenvalue weighted by atomic mass is 35.5. The zero-order valence-corrected chi connectivity index (χ0v) is 10.9. The smallest absolute Gasteiger partial charge is 0.357 e. The van der Waals surface area contributed by atoms with Crippen molar-refractivity contribution in [3.05, 3.63) is 46.6 Å². The number of pyridine rings is 1. The fourth-order valence-electron chi connectivity index (χ4n) is 1.66. The van der Waals surface area contributed by atoms with Crippen LogP contribution in [0.2, 0.25) is 5.02 Å². The first-order chi connectivity index (χ1) is 9.45. The molecule has 0 atom stereocenters. The van der Waals surface area contributed by atoms with Gasteiger partial charge in [-0.05, 0) is 24.3 Å². The fraction of sp³-hybridized carbons (Fsp3) is 0.0769. The van der Waals surface area contributed by atoms with Gasteiger partial charge in [0.2, 0.25) is 0 Å². The molecule has 1 aromatic heterocycles. The first-order valence-electron chi connectivity index (χ1n) is 5.38. The highest BCUT2D eigenvalue weighted by Crippen LogP contribution is 2.34. The van der Waals surface area contributed by atoms with Crippen LogP contribution in [0.5, 0.6) is 5.75 Å². The molecule has 0 radical (unpaired) electrons. The summed E-state index contributed by atoms with van der Waals surface area (Å²) in [7, 11) is 1.24. The van der Waals surface area contributed by atoms with E-state index < -0.39 is 23.3 Å². The van der Waals surface area contributed by atoms with Gasteiger partial charge < -0.3 is 9.84 Å². The Bertz CT molecular complexity index is 692. The maximum Gasteiger partial charge on any atom is 0.357 e. The van der Waals surface area contributed by atoms with Crippen molar-refractivity contribution in [3.63, 3.8) is 0 Å². The number of ether oxygens (including phenoxy) is 1. The van der Waals surface area contributed by atoms with Crippen LogP contribution < -0.4 is 4.74 Å². The molecule has 0 saturated carbocycles. The van der Waals surface area contributed by atoms with E-state index in [9.17, 15) is 13.6 Å². The Labute approximate surface area is 117 Å². The summed E-state index contributed by atoms with van der Waals surface area (Å²) in [6, 6.07) is 4.77. The average Bonchev–Trinajstić information content (AvgIpc) is 2.40. The fourth-order valence-corrected chi connectivity index (χ4v) is 1.88. The largest absolute Gasteiger partial charge is 0.492 e. The molecule has 0 spiro atoms. The van der Waals surface area contributed by atoms with Gasteiger partial charge in [-0.15, -0.1) is 0 Å². The van der Waals surface area contributed by atoms with Gasteiger partial charge in [-0.3, -0.25) is 0 Å². The number of rotatable bonds is 3. The van der Waals surface area contributed by atoms with Crippen molar-refractivity contribution >= 4 is 17.6 Å². The second kappa shape index (κ2) is 5.42. The van der Waals surface area contributed by atoms with E-state index in [1.165, 1.54) is 25.3 Å². The Balaban J connectivity index is 2.63. The van der Waals surface area contributed by atoms with Crippen molar-refractivity contribution in [1.82, 2.24) is 4.98 Å². The molecule has 0 aliphatic heterocycles. The van der Waals surface area contributed by atoms with Crippen LogP contribution in [0.3, 0.4) is 0 Å². The SMILES string of the molecule is COc1c(Cl)ccc(-c2ccc(F)c(C(=O)O)n2)c1F. The minimum atomic E-state index is -1.54. The number of aromatic nitrogens is 1. The van der Waals surface area contributed by atoms with Crippen molar-refractivity contribution in [1.29, 1.82) is 0 Å². The molecule has 0 bridgehead atoms. The number of aromatic carboxylic acids is 1. The molecule has 1 aromatic carbocycles. The second-order valence-electron chi connectivity index (χ2n) is 3.77. The first-order valence-corrected chi connectivity index (χ1v) is 5.75. The van der Waals surface area contributed by atoms with Crippen molar-refractivity contribution in [2.75, 3.05) is 7.11 Å². The molecule has 0 aliphatic carbocycles. The number of nitrogens with zero attached hydrogens (tertiary/aromatic N) is 1. The van der Waals surface area contributed by atoms with E-state index in [1.54, 1.807) is 0 Å². The van der Waals surface area contributed by atoms with E-state index in [1.807, 2.05) is 0 Å². The van der Waals surface area contributed by atoms with Crippen molar-refractivity contribution in [2.45, 2.75) is 0 Å². The van der Waals surface area contributed by atoms with Crippen LogP contribution in [0.1, 0.15) is 10.5 Å². The van der Waals surface area contributed by atoms with Crippen molar-refractivity contribution in [3.8, 4) is 17.0 Å².